The van der Waals surface area contributed by atoms with Gasteiger partial charge in [-0.25, -0.2) is 12.8 Å². The summed E-state index contributed by atoms with van der Waals surface area (Å²) in [6, 6.07) is 8.57. The zero-order chi connectivity index (χ0) is 15.6. The predicted molar refractivity (Wildman–Crippen MR) is 75.7 cm³/mol. The third-order valence-electron chi connectivity index (χ3n) is 2.55. The highest BCUT2D eigenvalue weighted by atomic mass is 79.9. The lowest BCUT2D eigenvalue weighted by atomic mass is 10.2. The van der Waals surface area contributed by atoms with Crippen molar-refractivity contribution >= 4 is 37.6 Å². The van der Waals surface area contributed by atoms with Crippen LogP contribution in [0.2, 0.25) is 0 Å². The Bertz CT molecular complexity index is 790. The van der Waals surface area contributed by atoms with Gasteiger partial charge in [-0.1, -0.05) is 22.0 Å². The first-order valence-electron chi connectivity index (χ1n) is 5.59. The van der Waals surface area contributed by atoms with Crippen LogP contribution in [0.15, 0.2) is 51.8 Å². The number of carboxylic acids is 1. The molecule has 2 rings (SSSR count). The number of nitrogens with one attached hydrogen (secondary N) is 1. The van der Waals surface area contributed by atoms with Crippen LogP contribution in [-0.2, 0) is 10.0 Å². The van der Waals surface area contributed by atoms with Crippen LogP contribution in [0.25, 0.3) is 0 Å². The highest BCUT2D eigenvalue weighted by Gasteiger charge is 2.20. The minimum Gasteiger partial charge on any atom is -0.545 e. The van der Waals surface area contributed by atoms with E-state index in [1.807, 2.05) is 0 Å². The molecule has 0 atom stereocenters. The molecule has 0 aliphatic heterocycles. The van der Waals surface area contributed by atoms with Crippen LogP contribution < -0.4 is 9.83 Å². The largest absolute Gasteiger partial charge is 0.545 e. The van der Waals surface area contributed by atoms with Crippen LogP contribution in [0.3, 0.4) is 0 Å². The number of sulfonamides is 1. The van der Waals surface area contributed by atoms with Crippen molar-refractivity contribution in [3.8, 4) is 0 Å². The molecule has 2 aromatic carbocycles. The van der Waals surface area contributed by atoms with Gasteiger partial charge in [0.15, 0.2) is 0 Å². The molecule has 0 fully saturated rings. The van der Waals surface area contributed by atoms with Gasteiger partial charge in [-0.05, 0) is 42.0 Å². The molecule has 0 spiro atoms. The van der Waals surface area contributed by atoms with Gasteiger partial charge in [0.2, 0.25) is 0 Å². The second kappa shape index (κ2) is 5.82. The molecule has 8 heteroatoms. The van der Waals surface area contributed by atoms with E-state index in [0.29, 0.717) is 6.07 Å². The maximum absolute atomic E-state index is 13.7. The summed E-state index contributed by atoms with van der Waals surface area (Å²) in [5, 5.41) is 10.7. The van der Waals surface area contributed by atoms with Crippen molar-refractivity contribution in [2.75, 3.05) is 4.72 Å². The standard InChI is InChI=1S/C13H9BrFNO4S/c14-9-2-4-10(5-3-9)16-21(19,20)12-7-8(13(17)18)1-6-11(12)15/h1-7,16H,(H,17,18)/p-1. The number of hydrogen-bond donors (Lipinski definition) is 1. The topological polar surface area (TPSA) is 86.3 Å². The average molecular weight is 373 g/mol. The normalized spacial score (nSPS) is 11.1. The molecule has 5 nitrogen and oxygen atoms in total. The Hall–Kier alpha value is -1.93. The third-order valence-corrected chi connectivity index (χ3v) is 4.48. The minimum absolute atomic E-state index is 0.219. The minimum atomic E-state index is -4.24. The maximum Gasteiger partial charge on any atom is 0.264 e. The first kappa shape index (κ1) is 15.5. The molecule has 2 aromatic rings. The third kappa shape index (κ3) is 3.59. The fourth-order valence-corrected chi connectivity index (χ4v) is 2.99. The molecule has 0 heterocycles. The Morgan fingerprint density at radius 1 is 1.14 bits per heavy atom. The van der Waals surface area contributed by atoms with Gasteiger partial charge >= 0.3 is 0 Å². The Labute approximate surface area is 128 Å². The smallest absolute Gasteiger partial charge is 0.264 e. The lowest BCUT2D eigenvalue weighted by Gasteiger charge is -2.11. The fraction of sp³-hybridized carbons (Fsp3) is 0. The summed E-state index contributed by atoms with van der Waals surface area (Å²) in [7, 11) is -4.24. The molecule has 0 radical (unpaired) electrons. The number of benzene rings is 2. The zero-order valence-corrected chi connectivity index (χ0v) is 12.7. The molecule has 0 saturated carbocycles. The van der Waals surface area contributed by atoms with Crippen LogP contribution in [-0.4, -0.2) is 14.4 Å². The number of anilines is 1. The molecule has 0 aromatic heterocycles. The van der Waals surface area contributed by atoms with Gasteiger partial charge in [-0.2, -0.15) is 0 Å². The fourth-order valence-electron chi connectivity index (χ4n) is 1.56. The molecule has 0 aliphatic rings. The first-order chi connectivity index (χ1) is 9.79. The van der Waals surface area contributed by atoms with E-state index < -0.39 is 32.3 Å². The molecule has 0 aliphatic carbocycles. The number of halogens is 2. The van der Waals surface area contributed by atoms with E-state index in [2.05, 4.69) is 20.7 Å². The zero-order valence-electron chi connectivity index (χ0n) is 10.3. The van der Waals surface area contributed by atoms with Crippen molar-refractivity contribution in [1.82, 2.24) is 0 Å². The summed E-state index contributed by atoms with van der Waals surface area (Å²) in [6.07, 6.45) is 0. The Morgan fingerprint density at radius 2 is 1.76 bits per heavy atom. The van der Waals surface area contributed by atoms with Crippen molar-refractivity contribution in [3.05, 3.63) is 58.3 Å². The molecule has 0 bridgehead atoms. The van der Waals surface area contributed by atoms with Gasteiger partial charge in [0.25, 0.3) is 10.0 Å². The van der Waals surface area contributed by atoms with E-state index in [0.717, 1.165) is 16.6 Å². The SMILES string of the molecule is O=C([O-])c1ccc(F)c(S(=O)(=O)Nc2ccc(Br)cc2)c1. The van der Waals surface area contributed by atoms with Crippen LogP contribution in [0, 0.1) is 5.82 Å². The molecule has 1 N–H and O–H groups in total. The Balaban J connectivity index is 2.41. The molecule has 0 saturated heterocycles. The number of carboxylic acid groups (broad SMARTS) is 1. The number of carbonyl (C=O) groups excluding carboxylic acids is 1. The summed E-state index contributed by atoms with van der Waals surface area (Å²) in [5.41, 5.74) is -0.205. The van der Waals surface area contributed by atoms with Crippen molar-refractivity contribution in [1.29, 1.82) is 0 Å². The quantitative estimate of drug-likeness (QED) is 0.885. The average Bonchev–Trinajstić information content (AvgIpc) is 2.41. The summed E-state index contributed by atoms with van der Waals surface area (Å²) in [5.74, 6) is -2.64. The molecular formula is C13H8BrFNO4S-. The summed E-state index contributed by atoms with van der Waals surface area (Å²) in [4.78, 5) is 9.98. The van der Waals surface area contributed by atoms with Gasteiger partial charge in [0.1, 0.15) is 10.7 Å². The van der Waals surface area contributed by atoms with E-state index in [-0.39, 0.29) is 5.69 Å². The molecule has 0 unspecified atom stereocenters. The highest BCUT2D eigenvalue weighted by molar-refractivity contribution is 9.10. The van der Waals surface area contributed by atoms with Crippen LogP contribution in [0.4, 0.5) is 10.1 Å². The van der Waals surface area contributed by atoms with Crippen LogP contribution in [0.5, 0.6) is 0 Å². The van der Waals surface area contributed by atoms with E-state index in [1.54, 1.807) is 12.1 Å². The molecule has 21 heavy (non-hydrogen) atoms. The summed E-state index contributed by atoms with van der Waals surface area (Å²) in [6.45, 7) is 0. The van der Waals surface area contributed by atoms with Gasteiger partial charge in [-0.3, -0.25) is 4.72 Å². The van der Waals surface area contributed by atoms with Gasteiger partial charge < -0.3 is 9.90 Å². The van der Waals surface area contributed by atoms with Crippen LogP contribution in [0.1, 0.15) is 10.4 Å². The summed E-state index contributed by atoms with van der Waals surface area (Å²) >= 11 is 3.20. The lowest BCUT2D eigenvalue weighted by molar-refractivity contribution is -0.255. The maximum atomic E-state index is 13.7. The van der Waals surface area contributed by atoms with Crippen molar-refractivity contribution < 1.29 is 22.7 Å². The number of rotatable bonds is 4. The second-order valence-corrected chi connectivity index (χ2v) is 6.61. The monoisotopic (exact) mass is 372 g/mol. The van der Waals surface area contributed by atoms with Gasteiger partial charge in [-0.15, -0.1) is 0 Å². The van der Waals surface area contributed by atoms with Crippen molar-refractivity contribution in [3.63, 3.8) is 0 Å². The summed E-state index contributed by atoms with van der Waals surface area (Å²) < 4.78 is 40.8. The first-order valence-corrected chi connectivity index (χ1v) is 7.86. The van der Waals surface area contributed by atoms with Gasteiger partial charge in [0, 0.05) is 10.2 Å². The van der Waals surface area contributed by atoms with Gasteiger partial charge in [0.05, 0.1) is 5.97 Å². The van der Waals surface area contributed by atoms with E-state index >= 15 is 0 Å². The predicted octanol–water partition coefficient (Wildman–Crippen LogP) is 1.75. The number of carbonyl (C=O) groups is 1. The second-order valence-electron chi connectivity index (χ2n) is 4.05. The molecular weight excluding hydrogens is 365 g/mol. The Morgan fingerprint density at radius 3 is 2.33 bits per heavy atom. The lowest BCUT2D eigenvalue weighted by Crippen LogP contribution is -2.23. The number of aromatic carboxylic acids is 1. The van der Waals surface area contributed by atoms with Crippen molar-refractivity contribution in [2.24, 2.45) is 0 Å². The van der Waals surface area contributed by atoms with E-state index in [1.165, 1.54) is 12.1 Å². The Kier molecular flexibility index (Phi) is 4.29. The molecule has 110 valence electrons. The van der Waals surface area contributed by atoms with Crippen molar-refractivity contribution in [2.45, 2.75) is 4.90 Å². The van der Waals surface area contributed by atoms with E-state index in [9.17, 15) is 22.7 Å². The number of hydrogen-bond acceptors (Lipinski definition) is 4. The van der Waals surface area contributed by atoms with Crippen LogP contribution >= 0.6 is 15.9 Å². The highest BCUT2D eigenvalue weighted by Crippen LogP contribution is 2.21. The van der Waals surface area contributed by atoms with E-state index in [4.69, 9.17) is 0 Å². The molecule has 0 amide bonds.